The van der Waals surface area contributed by atoms with Crippen LogP contribution in [0.25, 0.3) is 0 Å². The maximum atomic E-state index is 8.00. The molecule has 0 aromatic carbocycles. The minimum atomic E-state index is 0. The molecule has 0 amide bonds. The van der Waals surface area contributed by atoms with Gasteiger partial charge in [-0.05, 0) is 0 Å². The van der Waals surface area contributed by atoms with E-state index in [9.17, 15) is 0 Å². The summed E-state index contributed by atoms with van der Waals surface area (Å²) < 4.78 is 0. The van der Waals surface area contributed by atoms with E-state index in [1.54, 1.807) is 12.2 Å². The Morgan fingerprint density at radius 2 is 0.727 bits per heavy atom. The first-order valence-corrected chi connectivity index (χ1v) is 2.02. The predicted molar refractivity (Wildman–Crippen MR) is 41.8 cm³/mol. The van der Waals surface area contributed by atoms with Crippen molar-refractivity contribution < 1.29 is 33.9 Å². The number of hydrogen-bond acceptors (Lipinski definition) is 3. The maximum Gasteiger partial charge on any atom is 0.106 e. The molecule has 4 heteroatoms. The third-order valence-corrected chi connectivity index (χ3v) is 0.167. The van der Waals surface area contributed by atoms with Crippen LogP contribution in [0.15, 0.2) is 25.3 Å². The molecule has 0 unspecified atom stereocenters. The Bertz CT molecular complexity index is 56.0. The third kappa shape index (κ3) is 35900. The van der Waals surface area contributed by atoms with Crippen LogP contribution in [0.1, 0.15) is 0 Å². The summed E-state index contributed by atoms with van der Waals surface area (Å²) in [6.07, 6.45) is 3.28. The first-order valence-electron chi connectivity index (χ1n) is 2.02. The molecule has 0 atom stereocenters. The third-order valence-electron chi connectivity index (χ3n) is 0.167. The molecule has 0 N–H and O–H groups in total. The van der Waals surface area contributed by atoms with Gasteiger partial charge in [0.15, 0.2) is 0 Å². The summed E-state index contributed by atoms with van der Waals surface area (Å²) in [5.74, 6) is 0. The van der Waals surface area contributed by atoms with Crippen LogP contribution in [0.3, 0.4) is 0 Å². The molecule has 66 valence electrons. The van der Waals surface area contributed by atoms with Crippen molar-refractivity contribution in [2.75, 3.05) is 0 Å². The van der Waals surface area contributed by atoms with Gasteiger partial charge in [0, 0.05) is 19.5 Å². The first kappa shape index (κ1) is 32.1. The van der Waals surface area contributed by atoms with Gasteiger partial charge in [0.1, 0.15) is 20.4 Å². The molecule has 0 bridgehead atoms. The average molecular weight is 245 g/mol. The summed E-state index contributed by atoms with van der Waals surface area (Å²) in [7, 11) is 0. The van der Waals surface area contributed by atoms with Gasteiger partial charge < -0.3 is 14.4 Å². The van der Waals surface area contributed by atoms with Gasteiger partial charge in [0.2, 0.25) is 0 Å². The molecule has 3 nitrogen and oxygen atoms in total. The fourth-order valence-electron chi connectivity index (χ4n) is 0. The Morgan fingerprint density at radius 3 is 0.727 bits per heavy atom. The second kappa shape index (κ2) is 484. The van der Waals surface area contributed by atoms with E-state index >= 15 is 0 Å². The Balaban J connectivity index is -0.0000000152. The topological polar surface area (TPSA) is 51.2 Å². The van der Waals surface area contributed by atoms with Gasteiger partial charge >= 0.3 is 0 Å². The molecule has 0 spiro atoms. The van der Waals surface area contributed by atoms with Crippen molar-refractivity contribution >= 4 is 20.4 Å². The van der Waals surface area contributed by atoms with Crippen molar-refractivity contribution in [3.8, 4) is 0 Å². The van der Waals surface area contributed by atoms with Crippen LogP contribution in [0.2, 0.25) is 0 Å². The maximum absolute atomic E-state index is 8.00. The zero-order valence-electron chi connectivity index (χ0n) is 6.27. The molecular weight excluding hydrogens is 233 g/mol. The molecule has 0 aliphatic carbocycles. The number of rotatable bonds is 1. The van der Waals surface area contributed by atoms with Gasteiger partial charge in [-0.3, -0.25) is 0 Å². The van der Waals surface area contributed by atoms with E-state index in [0.29, 0.717) is 0 Å². The average Bonchev–Trinajstić information content (AvgIpc) is 2.14. The molecule has 0 aromatic heterocycles. The van der Waals surface area contributed by atoms with Gasteiger partial charge in [-0.2, -0.15) is 0 Å². The molecule has 0 aliphatic heterocycles. The standard InChI is InChI=1S/C4H6.3CH2O.Ru/c1-3-4-2;3*1-2;/h3-4H,1-2H2;3*1H2;. The predicted octanol–water partition coefficient (Wildman–Crippen LogP) is 0.801. The van der Waals surface area contributed by atoms with Crippen LogP contribution < -0.4 is 0 Å². The molecule has 11 heavy (non-hydrogen) atoms. The van der Waals surface area contributed by atoms with Crippen molar-refractivity contribution in [2.24, 2.45) is 0 Å². The van der Waals surface area contributed by atoms with Crippen LogP contribution in [-0.4, -0.2) is 20.4 Å². The molecule has 0 rings (SSSR count). The molecule has 0 saturated heterocycles. The van der Waals surface area contributed by atoms with Crippen molar-refractivity contribution in [3.63, 3.8) is 0 Å². The summed E-state index contributed by atoms with van der Waals surface area (Å²) in [6.45, 7) is 12.7. The van der Waals surface area contributed by atoms with Crippen molar-refractivity contribution in [3.05, 3.63) is 25.3 Å². The SMILES string of the molecule is C=CC=C.C=O.C=O.C=O.[Ru]. The Kier molecular flexibility index (Phi) is 1410. The summed E-state index contributed by atoms with van der Waals surface area (Å²) in [5.41, 5.74) is 0. The molecule has 0 aliphatic rings. The summed E-state index contributed by atoms with van der Waals surface area (Å²) in [5, 5.41) is 0. The summed E-state index contributed by atoms with van der Waals surface area (Å²) in [4.78, 5) is 24.0. The minimum absolute atomic E-state index is 0. The molecule has 0 aromatic rings. The monoisotopic (exact) mass is 246 g/mol. The summed E-state index contributed by atoms with van der Waals surface area (Å²) >= 11 is 0. The largest absolute Gasteiger partial charge is 0.307 e. The summed E-state index contributed by atoms with van der Waals surface area (Å²) in [6, 6.07) is 0. The zero-order chi connectivity index (χ0) is 9.41. The Morgan fingerprint density at radius 1 is 0.636 bits per heavy atom. The van der Waals surface area contributed by atoms with E-state index in [-0.39, 0.29) is 19.5 Å². The van der Waals surface area contributed by atoms with Crippen LogP contribution in [0.4, 0.5) is 0 Å². The number of carbonyl (C=O) groups is 3. The molecule has 0 fully saturated rings. The second-order valence-electron chi connectivity index (χ2n) is 0.471. The van der Waals surface area contributed by atoms with Crippen LogP contribution >= 0.6 is 0 Å². The van der Waals surface area contributed by atoms with Crippen LogP contribution in [-0.2, 0) is 33.9 Å². The van der Waals surface area contributed by atoms with Crippen LogP contribution in [0.5, 0.6) is 0 Å². The van der Waals surface area contributed by atoms with Crippen LogP contribution in [0, 0.1) is 0 Å². The van der Waals surface area contributed by atoms with Gasteiger partial charge in [-0.25, -0.2) is 0 Å². The molecular formula is C7H12O3Ru. The van der Waals surface area contributed by atoms with Gasteiger partial charge in [0.05, 0.1) is 0 Å². The molecule has 0 saturated carbocycles. The van der Waals surface area contributed by atoms with Gasteiger partial charge in [0.25, 0.3) is 0 Å². The van der Waals surface area contributed by atoms with Gasteiger partial charge in [-0.1, -0.05) is 25.3 Å². The zero-order valence-corrected chi connectivity index (χ0v) is 8.01. The van der Waals surface area contributed by atoms with E-state index in [1.165, 1.54) is 0 Å². The molecule has 0 heterocycles. The smallest absolute Gasteiger partial charge is 0.106 e. The Hall–Kier alpha value is -0.887. The second-order valence-corrected chi connectivity index (χ2v) is 0.471. The fraction of sp³-hybridized carbons (Fsp3) is 0. The van der Waals surface area contributed by atoms with E-state index in [2.05, 4.69) is 13.2 Å². The number of carbonyl (C=O) groups excluding carboxylic acids is 3. The van der Waals surface area contributed by atoms with Crippen molar-refractivity contribution in [1.82, 2.24) is 0 Å². The normalized spacial score (nSPS) is 2.91. The number of hydrogen-bond donors (Lipinski definition) is 0. The Labute approximate surface area is 79.9 Å². The molecule has 0 radical (unpaired) electrons. The van der Waals surface area contributed by atoms with E-state index in [4.69, 9.17) is 14.4 Å². The van der Waals surface area contributed by atoms with E-state index in [1.807, 2.05) is 20.4 Å². The first-order chi connectivity index (χ1) is 4.91. The van der Waals surface area contributed by atoms with E-state index in [0.717, 1.165) is 0 Å². The number of allylic oxidation sites excluding steroid dienone is 2. The fourth-order valence-corrected chi connectivity index (χ4v) is 0. The van der Waals surface area contributed by atoms with E-state index < -0.39 is 0 Å². The van der Waals surface area contributed by atoms with Crippen molar-refractivity contribution in [1.29, 1.82) is 0 Å². The van der Waals surface area contributed by atoms with Gasteiger partial charge in [-0.15, -0.1) is 0 Å². The minimum Gasteiger partial charge on any atom is -0.307 e. The quantitative estimate of drug-likeness (QED) is 0.507. The van der Waals surface area contributed by atoms with Crippen molar-refractivity contribution in [2.45, 2.75) is 0 Å².